The number of pyridine rings is 1. The normalized spacial score (nSPS) is 20.4. The van der Waals surface area contributed by atoms with Crippen molar-refractivity contribution in [3.05, 3.63) is 28.5 Å². The average Bonchev–Trinajstić information content (AvgIpc) is 2.38. The molecule has 0 aliphatic carbocycles. The van der Waals surface area contributed by atoms with E-state index in [1.807, 2.05) is 17.0 Å². The molecule has 2 rings (SSSR count). The second-order valence-electron chi connectivity index (χ2n) is 4.00. The summed E-state index contributed by atoms with van der Waals surface area (Å²) in [6.45, 7) is 3.97. The van der Waals surface area contributed by atoms with Crippen molar-refractivity contribution in [3.63, 3.8) is 0 Å². The minimum absolute atomic E-state index is 0.0203. The molecule has 1 aromatic rings. The molecular formula is C12H15BrN2O2. The lowest BCUT2D eigenvalue weighted by Crippen LogP contribution is -2.45. The van der Waals surface area contributed by atoms with Gasteiger partial charge in [-0.2, -0.15) is 0 Å². The minimum Gasteiger partial charge on any atom is -0.375 e. The lowest BCUT2D eigenvalue weighted by molar-refractivity contribution is -0.0228. The van der Waals surface area contributed by atoms with E-state index in [-0.39, 0.29) is 12.0 Å². The molecule has 0 saturated carbocycles. The van der Waals surface area contributed by atoms with Gasteiger partial charge >= 0.3 is 0 Å². The molecular weight excluding hydrogens is 284 g/mol. The Morgan fingerprint density at radius 3 is 3.18 bits per heavy atom. The van der Waals surface area contributed by atoms with Crippen LogP contribution < -0.4 is 0 Å². The van der Waals surface area contributed by atoms with Crippen molar-refractivity contribution in [2.24, 2.45) is 0 Å². The minimum atomic E-state index is -0.0203. The predicted octanol–water partition coefficient (Wildman–Crippen LogP) is 2.10. The Balaban J connectivity index is 2.09. The van der Waals surface area contributed by atoms with Crippen LogP contribution in [0.25, 0.3) is 0 Å². The number of aromatic nitrogens is 1. The Labute approximate surface area is 109 Å². The molecule has 1 aliphatic heterocycles. The molecule has 0 spiro atoms. The molecule has 2 heterocycles. The maximum atomic E-state index is 12.2. The molecule has 17 heavy (non-hydrogen) atoms. The number of nitrogens with zero attached hydrogens (tertiary/aromatic N) is 2. The highest BCUT2D eigenvalue weighted by Gasteiger charge is 2.24. The van der Waals surface area contributed by atoms with E-state index in [1.54, 1.807) is 6.07 Å². The fourth-order valence-corrected chi connectivity index (χ4v) is 2.18. The zero-order valence-corrected chi connectivity index (χ0v) is 11.3. The Morgan fingerprint density at radius 2 is 2.47 bits per heavy atom. The van der Waals surface area contributed by atoms with Crippen LogP contribution in [0.5, 0.6) is 0 Å². The van der Waals surface area contributed by atoms with E-state index in [1.165, 1.54) is 0 Å². The van der Waals surface area contributed by atoms with Crippen molar-refractivity contribution in [2.75, 3.05) is 19.7 Å². The van der Waals surface area contributed by atoms with Crippen molar-refractivity contribution in [1.82, 2.24) is 9.88 Å². The first-order valence-corrected chi connectivity index (χ1v) is 6.53. The van der Waals surface area contributed by atoms with E-state index in [9.17, 15) is 4.79 Å². The van der Waals surface area contributed by atoms with Crippen LogP contribution in [0.3, 0.4) is 0 Å². The van der Waals surface area contributed by atoms with E-state index < -0.39 is 0 Å². The fraction of sp³-hybridized carbons (Fsp3) is 0.500. The molecule has 0 N–H and O–H groups in total. The van der Waals surface area contributed by atoms with Crippen LogP contribution in [-0.4, -0.2) is 41.6 Å². The van der Waals surface area contributed by atoms with Gasteiger partial charge in [-0.25, -0.2) is 4.98 Å². The first kappa shape index (κ1) is 12.5. The molecule has 1 aromatic heterocycles. The molecule has 92 valence electrons. The SMILES string of the molecule is CCC1CN(C(=O)c2cccc(Br)n2)CCO1. The number of amides is 1. The van der Waals surface area contributed by atoms with Crippen molar-refractivity contribution >= 4 is 21.8 Å². The van der Waals surface area contributed by atoms with E-state index in [2.05, 4.69) is 27.8 Å². The summed E-state index contributed by atoms with van der Waals surface area (Å²) in [6, 6.07) is 5.37. The summed E-state index contributed by atoms with van der Waals surface area (Å²) in [7, 11) is 0. The van der Waals surface area contributed by atoms with Crippen molar-refractivity contribution < 1.29 is 9.53 Å². The largest absolute Gasteiger partial charge is 0.375 e. The van der Waals surface area contributed by atoms with Crippen LogP contribution in [-0.2, 0) is 4.74 Å². The zero-order chi connectivity index (χ0) is 12.3. The third-order valence-electron chi connectivity index (χ3n) is 2.82. The standard InChI is InChI=1S/C12H15BrN2O2/c1-2-9-8-15(6-7-17-9)12(16)10-4-3-5-11(13)14-10/h3-5,9H,2,6-8H2,1H3. The van der Waals surface area contributed by atoms with Crippen LogP contribution in [0.15, 0.2) is 22.8 Å². The first-order valence-electron chi connectivity index (χ1n) is 5.74. The number of ether oxygens (including phenoxy) is 1. The Kier molecular flexibility index (Phi) is 4.12. The predicted molar refractivity (Wildman–Crippen MR) is 67.9 cm³/mol. The number of hydrogen-bond acceptors (Lipinski definition) is 3. The van der Waals surface area contributed by atoms with E-state index in [4.69, 9.17) is 4.74 Å². The molecule has 5 heteroatoms. The van der Waals surface area contributed by atoms with Gasteiger partial charge < -0.3 is 9.64 Å². The van der Waals surface area contributed by atoms with Crippen LogP contribution in [0, 0.1) is 0 Å². The number of hydrogen-bond donors (Lipinski definition) is 0. The van der Waals surface area contributed by atoms with Gasteiger partial charge in [0, 0.05) is 13.1 Å². The van der Waals surface area contributed by atoms with Crippen molar-refractivity contribution in [1.29, 1.82) is 0 Å². The summed E-state index contributed by atoms with van der Waals surface area (Å²) in [5.41, 5.74) is 0.483. The van der Waals surface area contributed by atoms with Crippen LogP contribution in [0.1, 0.15) is 23.8 Å². The highest BCUT2D eigenvalue weighted by atomic mass is 79.9. The fourth-order valence-electron chi connectivity index (χ4n) is 1.84. The number of carbonyl (C=O) groups is 1. The highest BCUT2D eigenvalue weighted by molar-refractivity contribution is 9.10. The molecule has 0 radical (unpaired) electrons. The Hall–Kier alpha value is -0.940. The molecule has 0 aromatic carbocycles. The summed E-state index contributed by atoms with van der Waals surface area (Å²) in [5.74, 6) is -0.0203. The van der Waals surface area contributed by atoms with Gasteiger partial charge in [0.2, 0.25) is 0 Å². The monoisotopic (exact) mass is 298 g/mol. The van der Waals surface area contributed by atoms with Crippen molar-refractivity contribution in [2.45, 2.75) is 19.4 Å². The molecule has 1 fully saturated rings. The molecule has 1 amide bonds. The summed E-state index contributed by atoms with van der Waals surface area (Å²) >= 11 is 3.27. The van der Waals surface area contributed by atoms with Crippen LogP contribution in [0.2, 0.25) is 0 Å². The summed E-state index contributed by atoms with van der Waals surface area (Å²) in [4.78, 5) is 18.2. The van der Waals surface area contributed by atoms with Crippen LogP contribution >= 0.6 is 15.9 Å². The van der Waals surface area contributed by atoms with Gasteiger partial charge in [0.25, 0.3) is 5.91 Å². The van der Waals surface area contributed by atoms with Gasteiger partial charge in [-0.3, -0.25) is 4.79 Å². The van der Waals surface area contributed by atoms with Crippen molar-refractivity contribution in [3.8, 4) is 0 Å². The molecule has 1 atom stereocenters. The van der Waals surface area contributed by atoms with Gasteiger partial charge in [-0.05, 0) is 34.5 Å². The second-order valence-corrected chi connectivity index (χ2v) is 4.81. The van der Waals surface area contributed by atoms with E-state index in [0.29, 0.717) is 30.0 Å². The molecule has 1 unspecified atom stereocenters. The highest BCUT2D eigenvalue weighted by Crippen LogP contribution is 2.13. The zero-order valence-electron chi connectivity index (χ0n) is 9.73. The Morgan fingerprint density at radius 1 is 1.65 bits per heavy atom. The molecule has 4 nitrogen and oxygen atoms in total. The summed E-state index contributed by atoms with van der Waals surface area (Å²) < 4.78 is 6.23. The number of halogens is 1. The van der Waals surface area contributed by atoms with Gasteiger partial charge in [0.05, 0.1) is 12.7 Å². The maximum Gasteiger partial charge on any atom is 0.272 e. The number of carbonyl (C=O) groups excluding carboxylic acids is 1. The summed E-state index contributed by atoms with van der Waals surface area (Å²) in [5, 5.41) is 0. The molecule has 0 bridgehead atoms. The second kappa shape index (κ2) is 5.60. The van der Waals surface area contributed by atoms with E-state index in [0.717, 1.165) is 6.42 Å². The Bertz CT molecular complexity index is 411. The average molecular weight is 299 g/mol. The smallest absolute Gasteiger partial charge is 0.272 e. The topological polar surface area (TPSA) is 42.4 Å². The van der Waals surface area contributed by atoms with Gasteiger partial charge in [-0.15, -0.1) is 0 Å². The number of morpholine rings is 1. The lowest BCUT2D eigenvalue weighted by Gasteiger charge is -2.32. The maximum absolute atomic E-state index is 12.2. The first-order chi connectivity index (χ1) is 8.20. The number of rotatable bonds is 2. The van der Waals surface area contributed by atoms with E-state index >= 15 is 0 Å². The van der Waals surface area contributed by atoms with Gasteiger partial charge in [0.1, 0.15) is 10.3 Å². The van der Waals surface area contributed by atoms with Gasteiger partial charge in [-0.1, -0.05) is 13.0 Å². The third kappa shape index (κ3) is 3.04. The molecule has 1 saturated heterocycles. The molecule has 1 aliphatic rings. The lowest BCUT2D eigenvalue weighted by atomic mass is 10.2. The summed E-state index contributed by atoms with van der Waals surface area (Å²) in [6.07, 6.45) is 1.08. The quantitative estimate of drug-likeness (QED) is 0.785. The third-order valence-corrected chi connectivity index (χ3v) is 3.26. The van der Waals surface area contributed by atoms with Crippen LogP contribution in [0.4, 0.5) is 0 Å². The van der Waals surface area contributed by atoms with Gasteiger partial charge in [0.15, 0.2) is 0 Å².